The van der Waals surface area contributed by atoms with E-state index in [0.29, 0.717) is 6.54 Å². The van der Waals surface area contributed by atoms with E-state index in [1.165, 1.54) is 11.8 Å². The first-order valence-corrected chi connectivity index (χ1v) is 3.42. The SMILES string of the molecule is [O]C1CNCCS1. The smallest absolute Gasteiger partial charge is 0.151 e. The second kappa shape index (κ2) is 2.55. The Morgan fingerprint density at radius 1 is 1.71 bits per heavy atom. The molecular formula is C4H8NOS. The van der Waals surface area contributed by atoms with E-state index in [1.807, 2.05) is 0 Å². The van der Waals surface area contributed by atoms with Crippen LogP contribution in [0, 0.1) is 0 Å². The van der Waals surface area contributed by atoms with Gasteiger partial charge in [-0.15, -0.1) is 11.8 Å². The monoisotopic (exact) mass is 118 g/mol. The molecule has 0 amide bonds. The van der Waals surface area contributed by atoms with Crippen LogP contribution in [0.15, 0.2) is 0 Å². The van der Waals surface area contributed by atoms with Crippen LogP contribution in [0.4, 0.5) is 0 Å². The summed E-state index contributed by atoms with van der Waals surface area (Å²) in [5, 5.41) is 13.4. The molecule has 0 aromatic heterocycles. The first-order chi connectivity index (χ1) is 3.39. The van der Waals surface area contributed by atoms with Crippen molar-refractivity contribution in [1.82, 2.24) is 5.32 Å². The summed E-state index contributed by atoms with van der Waals surface area (Å²) < 4.78 is 0. The summed E-state index contributed by atoms with van der Waals surface area (Å²) in [6, 6.07) is 0. The van der Waals surface area contributed by atoms with Crippen molar-refractivity contribution in [1.29, 1.82) is 0 Å². The Morgan fingerprint density at radius 2 is 2.57 bits per heavy atom. The van der Waals surface area contributed by atoms with E-state index in [2.05, 4.69) is 5.32 Å². The molecule has 1 heterocycles. The molecule has 1 unspecified atom stereocenters. The molecule has 1 N–H and O–H groups in total. The molecule has 1 radical (unpaired) electrons. The molecule has 7 heavy (non-hydrogen) atoms. The average molecular weight is 118 g/mol. The van der Waals surface area contributed by atoms with E-state index in [-0.39, 0.29) is 0 Å². The predicted molar refractivity (Wildman–Crippen MR) is 29.8 cm³/mol. The lowest BCUT2D eigenvalue weighted by molar-refractivity contribution is 0.160. The lowest BCUT2D eigenvalue weighted by atomic mass is 10.6. The van der Waals surface area contributed by atoms with Gasteiger partial charge in [-0.2, -0.15) is 0 Å². The van der Waals surface area contributed by atoms with Crippen LogP contribution >= 0.6 is 11.8 Å². The molecule has 1 atom stereocenters. The van der Waals surface area contributed by atoms with Crippen LogP contribution in [0.2, 0.25) is 0 Å². The van der Waals surface area contributed by atoms with Gasteiger partial charge in [0.25, 0.3) is 0 Å². The second-order valence-corrected chi connectivity index (χ2v) is 2.77. The van der Waals surface area contributed by atoms with Gasteiger partial charge in [0, 0.05) is 18.8 Å². The Balaban J connectivity index is 2.12. The molecule has 0 spiro atoms. The molecule has 2 nitrogen and oxygen atoms in total. The Kier molecular flexibility index (Phi) is 1.97. The summed E-state index contributed by atoms with van der Waals surface area (Å²) in [7, 11) is 0. The summed E-state index contributed by atoms with van der Waals surface area (Å²) in [5.41, 5.74) is -0.409. The Morgan fingerprint density at radius 3 is 2.86 bits per heavy atom. The minimum absolute atomic E-state index is 0.409. The fraction of sp³-hybridized carbons (Fsp3) is 1.00. The maximum Gasteiger partial charge on any atom is 0.151 e. The van der Waals surface area contributed by atoms with Crippen LogP contribution in [-0.2, 0) is 5.11 Å². The fourth-order valence-electron chi connectivity index (χ4n) is 0.541. The lowest BCUT2D eigenvalue weighted by Gasteiger charge is -2.14. The van der Waals surface area contributed by atoms with Gasteiger partial charge >= 0.3 is 0 Å². The quantitative estimate of drug-likeness (QED) is 0.488. The summed E-state index contributed by atoms with van der Waals surface area (Å²) in [5.74, 6) is 0.980. The fourth-order valence-corrected chi connectivity index (χ4v) is 1.30. The largest absolute Gasteiger partial charge is 0.312 e. The Bertz CT molecular complexity index is 53.7. The van der Waals surface area contributed by atoms with E-state index in [0.717, 1.165) is 12.3 Å². The molecular weight excluding hydrogens is 110 g/mol. The zero-order chi connectivity index (χ0) is 5.11. The van der Waals surface area contributed by atoms with E-state index >= 15 is 0 Å². The zero-order valence-electron chi connectivity index (χ0n) is 4.02. The van der Waals surface area contributed by atoms with Crippen LogP contribution in [0.3, 0.4) is 0 Å². The molecule has 0 saturated carbocycles. The topological polar surface area (TPSA) is 31.9 Å². The van der Waals surface area contributed by atoms with Gasteiger partial charge in [-0.25, -0.2) is 5.11 Å². The van der Waals surface area contributed by atoms with Gasteiger partial charge in [-0.1, -0.05) is 0 Å². The molecule has 41 valence electrons. The highest BCUT2D eigenvalue weighted by Crippen LogP contribution is 2.09. The van der Waals surface area contributed by atoms with Gasteiger partial charge in [0.05, 0.1) is 0 Å². The average Bonchev–Trinajstić information content (AvgIpc) is 1.69. The molecule has 1 aliphatic heterocycles. The minimum Gasteiger partial charge on any atom is -0.312 e. The van der Waals surface area contributed by atoms with Crippen molar-refractivity contribution < 1.29 is 5.11 Å². The molecule has 0 bridgehead atoms. The highest BCUT2D eigenvalue weighted by atomic mass is 32.2. The molecule has 1 rings (SSSR count). The van der Waals surface area contributed by atoms with Crippen molar-refractivity contribution in [2.24, 2.45) is 0 Å². The highest BCUT2D eigenvalue weighted by Gasteiger charge is 2.09. The van der Waals surface area contributed by atoms with Crippen LogP contribution < -0.4 is 5.32 Å². The van der Waals surface area contributed by atoms with Crippen molar-refractivity contribution >= 4 is 11.8 Å². The summed E-state index contributed by atoms with van der Waals surface area (Å²) in [6.45, 7) is 1.65. The van der Waals surface area contributed by atoms with Gasteiger partial charge in [0.2, 0.25) is 0 Å². The molecule has 1 fully saturated rings. The summed E-state index contributed by atoms with van der Waals surface area (Å²) in [4.78, 5) is 0. The maximum absolute atomic E-state index is 10.4. The van der Waals surface area contributed by atoms with Gasteiger partial charge in [-0.3, -0.25) is 0 Å². The van der Waals surface area contributed by atoms with Crippen molar-refractivity contribution in [2.45, 2.75) is 5.44 Å². The van der Waals surface area contributed by atoms with Crippen LogP contribution in [0.25, 0.3) is 0 Å². The molecule has 1 saturated heterocycles. The van der Waals surface area contributed by atoms with Gasteiger partial charge in [-0.05, 0) is 0 Å². The molecule has 0 aromatic rings. The van der Waals surface area contributed by atoms with E-state index in [9.17, 15) is 5.11 Å². The van der Waals surface area contributed by atoms with Crippen molar-refractivity contribution in [3.8, 4) is 0 Å². The number of hydrogen-bond acceptors (Lipinski definition) is 2. The lowest BCUT2D eigenvalue weighted by Crippen LogP contribution is -2.31. The number of rotatable bonds is 0. The first kappa shape index (κ1) is 5.41. The second-order valence-electron chi connectivity index (χ2n) is 1.50. The van der Waals surface area contributed by atoms with Crippen LogP contribution in [-0.4, -0.2) is 24.3 Å². The predicted octanol–water partition coefficient (Wildman–Crippen LogP) is 0.0794. The normalized spacial score (nSPS) is 33.0. The van der Waals surface area contributed by atoms with Crippen molar-refractivity contribution in [3.63, 3.8) is 0 Å². The third-order valence-electron chi connectivity index (χ3n) is 0.894. The standard InChI is InChI=1S/C4H8NOS/c6-4-3-5-1-2-7-4/h4-5H,1-3H2. The van der Waals surface area contributed by atoms with Gasteiger partial charge in [0.15, 0.2) is 5.44 Å². The van der Waals surface area contributed by atoms with E-state index < -0.39 is 5.44 Å². The van der Waals surface area contributed by atoms with Crippen LogP contribution in [0.1, 0.15) is 0 Å². The highest BCUT2D eigenvalue weighted by molar-refractivity contribution is 7.99. The third kappa shape index (κ3) is 1.67. The number of thioether (sulfide) groups is 1. The zero-order valence-corrected chi connectivity index (χ0v) is 4.83. The van der Waals surface area contributed by atoms with E-state index in [1.54, 1.807) is 0 Å². The minimum atomic E-state index is -0.409. The van der Waals surface area contributed by atoms with Gasteiger partial charge in [0.1, 0.15) is 0 Å². The third-order valence-corrected chi connectivity index (χ3v) is 1.87. The maximum atomic E-state index is 10.4. The van der Waals surface area contributed by atoms with Crippen molar-refractivity contribution in [3.05, 3.63) is 0 Å². The Labute approximate surface area is 47.3 Å². The summed E-state index contributed by atoms with van der Waals surface area (Å²) >= 11 is 1.50. The van der Waals surface area contributed by atoms with Crippen LogP contribution in [0.5, 0.6) is 0 Å². The first-order valence-electron chi connectivity index (χ1n) is 2.38. The molecule has 0 aromatic carbocycles. The molecule has 3 heteroatoms. The number of hydrogen-bond donors (Lipinski definition) is 1. The van der Waals surface area contributed by atoms with Gasteiger partial charge < -0.3 is 5.32 Å². The summed E-state index contributed by atoms with van der Waals surface area (Å²) in [6.07, 6.45) is 0. The molecule has 1 aliphatic rings. The van der Waals surface area contributed by atoms with E-state index in [4.69, 9.17) is 0 Å². The molecule has 0 aliphatic carbocycles. The Hall–Kier alpha value is 0.270. The number of nitrogens with one attached hydrogen (secondary N) is 1. The van der Waals surface area contributed by atoms with Crippen molar-refractivity contribution in [2.75, 3.05) is 18.8 Å².